The third-order valence-electron chi connectivity index (χ3n) is 4.49. The highest BCUT2D eigenvalue weighted by atomic mass is 35.5. The minimum Gasteiger partial charge on any atom is -0.495 e. The van der Waals surface area contributed by atoms with E-state index in [1.165, 1.54) is 11.8 Å². The zero-order valence-corrected chi connectivity index (χ0v) is 16.2. The second kappa shape index (κ2) is 8.93. The van der Waals surface area contributed by atoms with Crippen LogP contribution in [0, 0.1) is 6.92 Å². The number of aromatic nitrogens is 1. The van der Waals surface area contributed by atoms with Crippen LogP contribution < -0.4 is 4.74 Å². The first-order valence-electron chi connectivity index (χ1n) is 8.80. The van der Waals surface area contributed by atoms with E-state index < -0.39 is 0 Å². The molecule has 0 saturated heterocycles. The predicted molar refractivity (Wildman–Crippen MR) is 109 cm³/mol. The zero-order valence-electron chi connectivity index (χ0n) is 15.5. The van der Waals surface area contributed by atoms with Crippen molar-refractivity contribution in [3.05, 3.63) is 63.8 Å². The lowest BCUT2D eigenvalue weighted by Crippen LogP contribution is -1.98. The summed E-state index contributed by atoms with van der Waals surface area (Å²) in [5, 5.41) is 13.9. The van der Waals surface area contributed by atoms with Gasteiger partial charge in [0.05, 0.1) is 25.0 Å². The van der Waals surface area contributed by atoms with Gasteiger partial charge in [0.15, 0.2) is 0 Å². The van der Waals surface area contributed by atoms with Crippen molar-refractivity contribution >= 4 is 28.7 Å². The number of ether oxygens (including phenoxy) is 1. The van der Waals surface area contributed by atoms with Gasteiger partial charge in [-0.1, -0.05) is 47.1 Å². The van der Waals surface area contributed by atoms with Crippen LogP contribution in [0.25, 0.3) is 10.9 Å². The molecule has 2 aromatic carbocycles. The third kappa shape index (κ3) is 4.26. The first-order chi connectivity index (χ1) is 13.2. The van der Waals surface area contributed by atoms with Crippen LogP contribution in [0.1, 0.15) is 22.4 Å². The molecule has 0 aliphatic heterocycles. The van der Waals surface area contributed by atoms with Gasteiger partial charge in [0.25, 0.3) is 0 Å². The quantitative estimate of drug-likeness (QED) is 0.345. The molecule has 3 aromatic rings. The highest BCUT2D eigenvalue weighted by molar-refractivity contribution is 6.37. The topological polar surface area (TPSA) is 66.8 Å². The van der Waals surface area contributed by atoms with Crippen LogP contribution in [-0.2, 0) is 17.7 Å². The molecule has 0 radical (unpaired) electrons. The highest BCUT2D eigenvalue weighted by Crippen LogP contribution is 2.40. The smallest absolute Gasteiger partial charge is 0.141 e. The van der Waals surface area contributed by atoms with Crippen molar-refractivity contribution in [3.63, 3.8) is 0 Å². The molecule has 0 aliphatic rings. The summed E-state index contributed by atoms with van der Waals surface area (Å²) < 4.78 is 5.65. The SMILES string of the molecule is COc1c(Cc2ccccc2)cc2[nH]c(C)c(CCON=CCO)c2c1Cl. The first kappa shape index (κ1) is 19.3. The molecule has 0 amide bonds. The first-order valence-corrected chi connectivity index (χ1v) is 9.18. The number of nitrogens with one attached hydrogen (secondary N) is 1. The van der Waals surface area contributed by atoms with Crippen molar-refractivity contribution in [1.82, 2.24) is 4.98 Å². The minimum absolute atomic E-state index is 0.140. The molecule has 0 atom stereocenters. The van der Waals surface area contributed by atoms with Gasteiger partial charge in [0, 0.05) is 35.0 Å². The van der Waals surface area contributed by atoms with Crippen LogP contribution in [0.5, 0.6) is 5.75 Å². The summed E-state index contributed by atoms with van der Waals surface area (Å²) in [4.78, 5) is 8.60. The Labute approximate surface area is 163 Å². The van der Waals surface area contributed by atoms with E-state index in [2.05, 4.69) is 28.3 Å². The molecule has 0 bridgehead atoms. The summed E-state index contributed by atoms with van der Waals surface area (Å²) in [7, 11) is 1.65. The van der Waals surface area contributed by atoms with E-state index in [0.717, 1.165) is 34.1 Å². The van der Waals surface area contributed by atoms with Crippen LogP contribution in [-0.4, -0.2) is 36.6 Å². The molecule has 0 saturated carbocycles. The van der Waals surface area contributed by atoms with Gasteiger partial charge in [0.2, 0.25) is 0 Å². The van der Waals surface area contributed by atoms with E-state index >= 15 is 0 Å². The summed E-state index contributed by atoms with van der Waals surface area (Å²) >= 11 is 6.75. The molecular formula is C21H23ClN2O3. The average Bonchev–Trinajstić information content (AvgIpc) is 2.98. The number of aryl methyl sites for hydroxylation is 1. The minimum atomic E-state index is -0.140. The Morgan fingerprint density at radius 3 is 2.74 bits per heavy atom. The number of nitrogens with zero attached hydrogens (tertiary/aromatic N) is 1. The summed E-state index contributed by atoms with van der Waals surface area (Å²) in [6, 6.07) is 12.3. The Balaban J connectivity index is 1.96. The Bertz CT molecular complexity index is 936. The number of H-pyrrole nitrogens is 1. The van der Waals surface area contributed by atoms with Gasteiger partial charge in [0.1, 0.15) is 12.4 Å². The van der Waals surface area contributed by atoms with E-state index in [-0.39, 0.29) is 6.61 Å². The number of hydrogen-bond donors (Lipinski definition) is 2. The van der Waals surface area contributed by atoms with Crippen molar-refractivity contribution in [2.45, 2.75) is 19.8 Å². The predicted octanol–water partition coefficient (Wildman–Crippen LogP) is 4.27. The molecule has 0 unspecified atom stereocenters. The second-order valence-electron chi connectivity index (χ2n) is 6.25. The van der Waals surface area contributed by atoms with Gasteiger partial charge in [-0.05, 0) is 24.1 Å². The fourth-order valence-electron chi connectivity index (χ4n) is 3.31. The van der Waals surface area contributed by atoms with E-state index in [0.29, 0.717) is 23.8 Å². The second-order valence-corrected chi connectivity index (χ2v) is 6.63. The Morgan fingerprint density at radius 2 is 2.04 bits per heavy atom. The fraction of sp³-hybridized carbons (Fsp3) is 0.286. The molecule has 1 aromatic heterocycles. The third-order valence-corrected chi connectivity index (χ3v) is 4.85. The average molecular weight is 387 g/mol. The molecule has 3 rings (SSSR count). The maximum absolute atomic E-state index is 8.70. The van der Waals surface area contributed by atoms with Crippen molar-refractivity contribution in [2.75, 3.05) is 20.3 Å². The highest BCUT2D eigenvalue weighted by Gasteiger charge is 2.19. The van der Waals surface area contributed by atoms with Gasteiger partial charge < -0.3 is 19.7 Å². The maximum Gasteiger partial charge on any atom is 0.141 e. The molecule has 6 heteroatoms. The maximum atomic E-state index is 8.70. The largest absolute Gasteiger partial charge is 0.495 e. The number of halogens is 1. The molecule has 142 valence electrons. The van der Waals surface area contributed by atoms with Crippen molar-refractivity contribution in [3.8, 4) is 5.75 Å². The van der Waals surface area contributed by atoms with E-state index in [4.69, 9.17) is 26.3 Å². The van der Waals surface area contributed by atoms with Crippen LogP contribution in [0.2, 0.25) is 5.02 Å². The molecular weight excluding hydrogens is 364 g/mol. The van der Waals surface area contributed by atoms with Gasteiger partial charge >= 0.3 is 0 Å². The molecule has 2 N–H and O–H groups in total. The Kier molecular flexibility index (Phi) is 6.37. The lowest BCUT2D eigenvalue weighted by Gasteiger charge is -2.13. The standard InChI is InChI=1S/C21H23ClN2O3/c1-14-17(8-11-27-23-9-10-25)19-18(24-14)13-16(21(26-2)20(19)22)12-15-6-4-3-5-7-15/h3-7,9,13,24-25H,8,10-12H2,1-2H3. The molecule has 5 nitrogen and oxygen atoms in total. The summed E-state index contributed by atoms with van der Waals surface area (Å²) in [5.41, 5.74) is 5.35. The van der Waals surface area contributed by atoms with Crippen molar-refractivity contribution in [2.24, 2.45) is 5.16 Å². The van der Waals surface area contributed by atoms with Crippen LogP contribution in [0.4, 0.5) is 0 Å². The number of rotatable bonds is 8. The van der Waals surface area contributed by atoms with E-state index in [1.807, 2.05) is 25.1 Å². The molecule has 0 aliphatic carbocycles. The lowest BCUT2D eigenvalue weighted by molar-refractivity contribution is 0.147. The molecule has 0 fully saturated rings. The molecule has 1 heterocycles. The number of aromatic amines is 1. The van der Waals surface area contributed by atoms with Crippen molar-refractivity contribution < 1.29 is 14.7 Å². The normalized spacial score (nSPS) is 11.4. The summed E-state index contributed by atoms with van der Waals surface area (Å²) in [6.07, 6.45) is 2.70. The molecule has 0 spiro atoms. The number of oxime groups is 1. The number of methoxy groups -OCH3 is 1. The van der Waals surface area contributed by atoms with Crippen LogP contribution >= 0.6 is 11.6 Å². The lowest BCUT2D eigenvalue weighted by atomic mass is 10.0. The zero-order chi connectivity index (χ0) is 19.2. The van der Waals surface area contributed by atoms with Crippen LogP contribution in [0.3, 0.4) is 0 Å². The number of fused-ring (bicyclic) bond motifs is 1. The van der Waals surface area contributed by atoms with Gasteiger partial charge in [-0.3, -0.25) is 0 Å². The van der Waals surface area contributed by atoms with Gasteiger partial charge in [-0.25, -0.2) is 0 Å². The number of hydrogen-bond acceptors (Lipinski definition) is 4. The number of aliphatic hydroxyl groups is 1. The molecule has 27 heavy (non-hydrogen) atoms. The van der Waals surface area contributed by atoms with Gasteiger partial charge in [-0.15, -0.1) is 0 Å². The fourth-order valence-corrected chi connectivity index (χ4v) is 3.72. The summed E-state index contributed by atoms with van der Waals surface area (Å²) in [5.74, 6) is 0.701. The van der Waals surface area contributed by atoms with Crippen molar-refractivity contribution in [1.29, 1.82) is 0 Å². The van der Waals surface area contributed by atoms with Crippen LogP contribution in [0.15, 0.2) is 41.6 Å². The summed E-state index contributed by atoms with van der Waals surface area (Å²) in [6.45, 7) is 2.28. The number of aliphatic hydroxyl groups excluding tert-OH is 1. The van der Waals surface area contributed by atoms with E-state index in [9.17, 15) is 0 Å². The number of benzene rings is 2. The Morgan fingerprint density at radius 1 is 1.26 bits per heavy atom. The Hall–Kier alpha value is -2.50. The van der Waals surface area contributed by atoms with E-state index in [1.54, 1.807) is 7.11 Å². The monoisotopic (exact) mass is 386 g/mol. The van der Waals surface area contributed by atoms with Gasteiger partial charge in [-0.2, -0.15) is 0 Å².